The summed E-state index contributed by atoms with van der Waals surface area (Å²) in [4.78, 5) is 26.1. The van der Waals surface area contributed by atoms with Crippen molar-refractivity contribution in [3.63, 3.8) is 0 Å². The molecule has 3 aromatic rings. The first-order valence-electron chi connectivity index (χ1n) is 6.78. The molecule has 110 valence electrons. The molecule has 0 atom stereocenters. The van der Waals surface area contributed by atoms with Crippen LogP contribution in [-0.2, 0) is 4.79 Å². The lowest BCUT2D eigenvalue weighted by Crippen LogP contribution is -2.09. The van der Waals surface area contributed by atoms with Gasteiger partial charge in [0.15, 0.2) is 0 Å². The number of aryl methyl sites for hydroxylation is 1. The Morgan fingerprint density at radius 1 is 1.27 bits per heavy atom. The molecule has 0 aliphatic rings. The van der Waals surface area contributed by atoms with E-state index in [2.05, 4.69) is 10.3 Å². The largest absolute Gasteiger partial charge is 0.465 e. The molecule has 0 bridgehead atoms. The van der Waals surface area contributed by atoms with Crippen molar-refractivity contribution >= 4 is 28.6 Å². The Labute approximate surface area is 126 Å². The first-order chi connectivity index (χ1) is 10.6. The predicted octanol–water partition coefficient (Wildman–Crippen LogP) is 3.08. The van der Waals surface area contributed by atoms with E-state index in [0.29, 0.717) is 17.0 Å². The number of amides is 1. The molecule has 0 aliphatic heterocycles. The summed E-state index contributed by atoms with van der Waals surface area (Å²) in [7, 11) is 0. The lowest BCUT2D eigenvalue weighted by molar-refractivity contribution is -0.111. The van der Waals surface area contributed by atoms with Crippen molar-refractivity contribution in [2.45, 2.75) is 6.92 Å². The molecule has 2 heterocycles. The number of fused-ring (bicyclic) bond motifs is 1. The van der Waals surface area contributed by atoms with Gasteiger partial charge in [-0.1, -0.05) is 6.07 Å². The lowest BCUT2D eigenvalue weighted by atomic mass is 10.1. The molecule has 0 radical (unpaired) electrons. The van der Waals surface area contributed by atoms with Crippen LogP contribution in [-0.4, -0.2) is 10.9 Å². The number of nitrogens with one attached hydrogen (secondary N) is 2. The molecule has 5 nitrogen and oxygen atoms in total. The fourth-order valence-corrected chi connectivity index (χ4v) is 2.24. The SMILES string of the molecule is Cc1cc(=O)[nH]c2cc(NC(=O)/C=C/c3ccco3)ccc12. The highest BCUT2D eigenvalue weighted by Crippen LogP contribution is 2.19. The standard InChI is InChI=1S/C17H14N2O3/c1-11-9-17(21)19-15-10-12(4-6-14(11)15)18-16(20)7-5-13-3-2-8-22-13/h2-10H,1H3,(H,18,20)(H,19,21)/b7-5+. The molecule has 0 aliphatic carbocycles. The molecule has 22 heavy (non-hydrogen) atoms. The molecule has 2 aromatic heterocycles. The maximum atomic E-state index is 11.9. The van der Waals surface area contributed by atoms with Gasteiger partial charge in [-0.05, 0) is 42.8 Å². The quantitative estimate of drug-likeness (QED) is 0.729. The number of aromatic amines is 1. The normalized spacial score (nSPS) is 11.1. The Kier molecular flexibility index (Phi) is 3.62. The molecule has 0 spiro atoms. The van der Waals surface area contributed by atoms with E-state index in [1.165, 1.54) is 6.08 Å². The van der Waals surface area contributed by atoms with Crippen LogP contribution in [0.3, 0.4) is 0 Å². The first-order valence-corrected chi connectivity index (χ1v) is 6.78. The highest BCUT2D eigenvalue weighted by molar-refractivity contribution is 6.02. The number of furan rings is 1. The van der Waals surface area contributed by atoms with Gasteiger partial charge in [0.2, 0.25) is 11.5 Å². The molecule has 5 heteroatoms. The highest BCUT2D eigenvalue weighted by atomic mass is 16.3. The summed E-state index contributed by atoms with van der Waals surface area (Å²) in [5.74, 6) is 0.333. The summed E-state index contributed by atoms with van der Waals surface area (Å²) in [6, 6.07) is 10.5. The zero-order valence-corrected chi connectivity index (χ0v) is 11.9. The lowest BCUT2D eigenvalue weighted by Gasteiger charge is -2.06. The minimum absolute atomic E-state index is 0.161. The summed E-state index contributed by atoms with van der Waals surface area (Å²) in [6.07, 6.45) is 4.52. The summed E-state index contributed by atoms with van der Waals surface area (Å²) in [6.45, 7) is 1.88. The van der Waals surface area contributed by atoms with Gasteiger partial charge in [0, 0.05) is 23.2 Å². The van der Waals surface area contributed by atoms with Crippen LogP contribution in [0.15, 0.2) is 57.9 Å². The average molecular weight is 294 g/mol. The number of carbonyl (C=O) groups excluding carboxylic acids is 1. The minimum Gasteiger partial charge on any atom is -0.465 e. The van der Waals surface area contributed by atoms with Crippen LogP contribution in [0.25, 0.3) is 17.0 Å². The highest BCUT2D eigenvalue weighted by Gasteiger charge is 2.03. The maximum Gasteiger partial charge on any atom is 0.248 e. The number of benzene rings is 1. The second-order valence-corrected chi connectivity index (χ2v) is 4.91. The van der Waals surface area contributed by atoms with Crippen molar-refractivity contribution in [1.82, 2.24) is 4.98 Å². The molecular weight excluding hydrogens is 280 g/mol. The van der Waals surface area contributed by atoms with Gasteiger partial charge in [-0.2, -0.15) is 0 Å². The Bertz CT molecular complexity index is 905. The summed E-state index contributed by atoms with van der Waals surface area (Å²) in [5.41, 5.74) is 2.04. The van der Waals surface area contributed by atoms with Gasteiger partial charge in [0.05, 0.1) is 11.8 Å². The van der Waals surface area contributed by atoms with E-state index >= 15 is 0 Å². The van der Waals surface area contributed by atoms with E-state index in [1.54, 1.807) is 42.7 Å². The molecule has 1 amide bonds. The fraction of sp³-hybridized carbons (Fsp3) is 0.0588. The number of rotatable bonds is 3. The third-order valence-electron chi connectivity index (χ3n) is 3.26. The molecule has 3 rings (SSSR count). The van der Waals surface area contributed by atoms with Crippen molar-refractivity contribution < 1.29 is 9.21 Å². The molecular formula is C17H14N2O3. The van der Waals surface area contributed by atoms with Gasteiger partial charge in [-0.15, -0.1) is 0 Å². The maximum absolute atomic E-state index is 11.9. The number of hydrogen-bond acceptors (Lipinski definition) is 3. The van der Waals surface area contributed by atoms with Crippen LogP contribution >= 0.6 is 0 Å². The van der Waals surface area contributed by atoms with Gasteiger partial charge in [-0.3, -0.25) is 9.59 Å². The minimum atomic E-state index is -0.272. The van der Waals surface area contributed by atoms with Crippen LogP contribution in [0, 0.1) is 6.92 Å². The van der Waals surface area contributed by atoms with Crippen molar-refractivity contribution in [3.05, 3.63) is 70.4 Å². The Morgan fingerprint density at radius 3 is 2.91 bits per heavy atom. The molecule has 1 aromatic carbocycles. The Balaban J connectivity index is 1.82. The van der Waals surface area contributed by atoms with E-state index < -0.39 is 0 Å². The Hall–Kier alpha value is -3.08. The number of hydrogen-bond donors (Lipinski definition) is 2. The van der Waals surface area contributed by atoms with Crippen molar-refractivity contribution in [2.24, 2.45) is 0 Å². The number of H-pyrrole nitrogens is 1. The molecule has 2 N–H and O–H groups in total. The molecule has 0 unspecified atom stereocenters. The average Bonchev–Trinajstić information content (AvgIpc) is 2.98. The fourth-order valence-electron chi connectivity index (χ4n) is 2.24. The summed E-state index contributed by atoms with van der Waals surface area (Å²) < 4.78 is 5.11. The topological polar surface area (TPSA) is 75.1 Å². The molecule has 0 saturated heterocycles. The van der Waals surface area contributed by atoms with Gasteiger partial charge in [0.25, 0.3) is 0 Å². The van der Waals surface area contributed by atoms with E-state index in [9.17, 15) is 9.59 Å². The Morgan fingerprint density at radius 2 is 2.14 bits per heavy atom. The van der Waals surface area contributed by atoms with Crippen molar-refractivity contribution in [2.75, 3.05) is 5.32 Å². The smallest absolute Gasteiger partial charge is 0.248 e. The van der Waals surface area contributed by atoms with Crippen LogP contribution in [0.2, 0.25) is 0 Å². The van der Waals surface area contributed by atoms with Crippen LogP contribution in [0.5, 0.6) is 0 Å². The predicted molar refractivity (Wildman–Crippen MR) is 85.7 cm³/mol. The van der Waals surface area contributed by atoms with E-state index in [1.807, 2.05) is 13.0 Å². The first kappa shape index (κ1) is 13.9. The zero-order chi connectivity index (χ0) is 15.5. The second-order valence-electron chi connectivity index (χ2n) is 4.91. The van der Waals surface area contributed by atoms with Gasteiger partial charge in [0.1, 0.15) is 5.76 Å². The van der Waals surface area contributed by atoms with Gasteiger partial charge in [-0.25, -0.2) is 0 Å². The zero-order valence-electron chi connectivity index (χ0n) is 11.9. The number of pyridine rings is 1. The molecule has 0 saturated carbocycles. The second kappa shape index (κ2) is 5.73. The van der Waals surface area contributed by atoms with Crippen molar-refractivity contribution in [3.8, 4) is 0 Å². The van der Waals surface area contributed by atoms with Gasteiger partial charge >= 0.3 is 0 Å². The van der Waals surface area contributed by atoms with Crippen molar-refractivity contribution in [1.29, 1.82) is 0 Å². The van der Waals surface area contributed by atoms with Crippen LogP contribution in [0.4, 0.5) is 5.69 Å². The number of anilines is 1. The van der Waals surface area contributed by atoms with E-state index in [-0.39, 0.29) is 11.5 Å². The van der Waals surface area contributed by atoms with Crippen LogP contribution in [0.1, 0.15) is 11.3 Å². The summed E-state index contributed by atoms with van der Waals surface area (Å²) in [5, 5.41) is 3.69. The van der Waals surface area contributed by atoms with E-state index in [0.717, 1.165) is 10.9 Å². The molecule has 0 fully saturated rings. The third kappa shape index (κ3) is 2.98. The third-order valence-corrected chi connectivity index (χ3v) is 3.26. The summed E-state index contributed by atoms with van der Waals surface area (Å²) >= 11 is 0. The van der Waals surface area contributed by atoms with Crippen LogP contribution < -0.4 is 10.9 Å². The number of aromatic nitrogens is 1. The number of carbonyl (C=O) groups is 1. The monoisotopic (exact) mass is 294 g/mol. The van der Waals surface area contributed by atoms with Gasteiger partial charge < -0.3 is 14.7 Å². The van der Waals surface area contributed by atoms with E-state index in [4.69, 9.17) is 4.42 Å².